The largest absolute Gasteiger partial charge is 0.436 e. The highest BCUT2D eigenvalue weighted by molar-refractivity contribution is 5.84. The quantitative estimate of drug-likeness (QED) is 0.125. The first kappa shape index (κ1) is 39.3. The average Bonchev–Trinajstić information content (AvgIpc) is 4.07. The fraction of sp³-hybridized carbons (Fsp3) is 0.523. The smallest absolute Gasteiger partial charge is 0.405 e. The van der Waals surface area contributed by atoms with Crippen LogP contribution < -0.4 is 5.73 Å². The number of nitrogens with zero attached hydrogens (tertiary/aromatic N) is 5. The molecule has 3 aliphatic rings. The van der Waals surface area contributed by atoms with Crippen molar-refractivity contribution >= 4 is 17.9 Å². The molecule has 12 nitrogen and oxygen atoms in total. The molecule has 298 valence electrons. The van der Waals surface area contributed by atoms with Gasteiger partial charge < -0.3 is 35.1 Å². The second kappa shape index (κ2) is 17.4. The summed E-state index contributed by atoms with van der Waals surface area (Å²) >= 11 is 0. The molecule has 0 bridgehead atoms. The summed E-state index contributed by atoms with van der Waals surface area (Å²) in [6.07, 6.45) is 10.3. The molecule has 4 heterocycles. The van der Waals surface area contributed by atoms with Crippen LogP contribution in [-0.4, -0.2) is 90.9 Å². The van der Waals surface area contributed by atoms with Crippen molar-refractivity contribution in [3.8, 4) is 33.6 Å². The van der Waals surface area contributed by atoms with Crippen molar-refractivity contribution in [1.82, 2.24) is 34.6 Å². The molecule has 2 aromatic carbocycles. The Balaban J connectivity index is 0.972. The summed E-state index contributed by atoms with van der Waals surface area (Å²) in [6.45, 7) is 11.8. The summed E-state index contributed by atoms with van der Waals surface area (Å²) in [5.74, 6) is 1.64. The van der Waals surface area contributed by atoms with Crippen LogP contribution in [0.2, 0.25) is 0 Å². The molecule has 4 atom stereocenters. The van der Waals surface area contributed by atoms with Gasteiger partial charge in [-0.3, -0.25) is 9.59 Å². The average molecular weight is 763 g/mol. The van der Waals surface area contributed by atoms with Crippen LogP contribution in [0, 0.1) is 11.8 Å². The van der Waals surface area contributed by atoms with Crippen LogP contribution in [0.25, 0.3) is 33.6 Å². The standard InChI is InChI=1S/C44H58N8O4/c1-5-28(4)39(56-44(45)55)43(54)52-25-9-11-38(52)41-47-27-36(49-41)32-18-14-30(15-19-32)29-12-16-31(17-13-29)35-26-46-40(48-35)37-10-8-24-51(37)42(53)33-20-22-34(23-21-33)50(6-2)7-3/h12-19,26-28,33-34,37-39H,5-11,20-25H2,1-4H3,(H2,45,55)(H,46,48)(H,47,49)/t28-,33?,34?,37+,38+,39+/m1/s1. The summed E-state index contributed by atoms with van der Waals surface area (Å²) < 4.78 is 5.27. The maximum atomic E-state index is 13.8. The highest BCUT2D eigenvalue weighted by atomic mass is 16.6. The Kier molecular flexibility index (Phi) is 12.2. The molecule has 3 fully saturated rings. The van der Waals surface area contributed by atoms with E-state index in [1.54, 1.807) is 4.90 Å². The zero-order valence-electron chi connectivity index (χ0n) is 33.4. The number of ether oxygens (including phenoxy) is 1. The molecule has 3 amide bonds. The third kappa shape index (κ3) is 8.26. The summed E-state index contributed by atoms with van der Waals surface area (Å²) in [4.78, 5) is 61.7. The zero-order valence-corrected chi connectivity index (χ0v) is 33.4. The lowest BCUT2D eigenvalue weighted by atomic mass is 9.84. The number of carbonyl (C=O) groups excluding carboxylic acids is 3. The van der Waals surface area contributed by atoms with Gasteiger partial charge in [0.15, 0.2) is 6.10 Å². The molecule has 0 spiro atoms. The lowest BCUT2D eigenvalue weighted by Crippen LogP contribution is -2.45. The number of carbonyl (C=O) groups is 3. The van der Waals surface area contributed by atoms with Gasteiger partial charge in [0.2, 0.25) is 5.91 Å². The number of hydrogen-bond donors (Lipinski definition) is 3. The van der Waals surface area contributed by atoms with Crippen molar-refractivity contribution in [1.29, 1.82) is 0 Å². The first-order valence-corrected chi connectivity index (χ1v) is 20.8. The predicted molar refractivity (Wildman–Crippen MR) is 217 cm³/mol. The Hall–Kier alpha value is -4.97. The topological polar surface area (TPSA) is 154 Å². The first-order valence-electron chi connectivity index (χ1n) is 20.8. The van der Waals surface area contributed by atoms with Gasteiger partial charge >= 0.3 is 6.09 Å². The van der Waals surface area contributed by atoms with Gasteiger partial charge in [0.1, 0.15) is 11.6 Å². The summed E-state index contributed by atoms with van der Waals surface area (Å²) in [7, 11) is 0. The van der Waals surface area contributed by atoms with Crippen LogP contribution >= 0.6 is 0 Å². The maximum absolute atomic E-state index is 13.8. The fourth-order valence-electron chi connectivity index (χ4n) is 9.19. The van der Waals surface area contributed by atoms with Gasteiger partial charge in [0.25, 0.3) is 5.91 Å². The van der Waals surface area contributed by atoms with E-state index in [0.29, 0.717) is 24.9 Å². The van der Waals surface area contributed by atoms with E-state index in [1.165, 1.54) is 0 Å². The first-order chi connectivity index (χ1) is 27.2. The van der Waals surface area contributed by atoms with E-state index in [4.69, 9.17) is 15.5 Å². The molecule has 56 heavy (non-hydrogen) atoms. The maximum Gasteiger partial charge on any atom is 0.405 e. The summed E-state index contributed by atoms with van der Waals surface area (Å²) in [5, 5.41) is 0. The van der Waals surface area contributed by atoms with E-state index in [9.17, 15) is 14.4 Å². The van der Waals surface area contributed by atoms with Crippen LogP contribution in [0.3, 0.4) is 0 Å². The molecular weight excluding hydrogens is 705 g/mol. The van der Waals surface area contributed by atoms with Gasteiger partial charge in [-0.1, -0.05) is 76.2 Å². The van der Waals surface area contributed by atoms with Gasteiger partial charge in [0.05, 0.1) is 35.9 Å². The van der Waals surface area contributed by atoms with Gasteiger partial charge in [-0.25, -0.2) is 14.8 Å². The molecule has 2 saturated heterocycles. The van der Waals surface area contributed by atoms with Gasteiger partial charge in [-0.2, -0.15) is 0 Å². The van der Waals surface area contributed by atoms with Crippen molar-refractivity contribution in [3.63, 3.8) is 0 Å². The minimum Gasteiger partial charge on any atom is -0.436 e. The molecule has 4 aromatic rings. The number of H-pyrrole nitrogens is 2. The second-order valence-corrected chi connectivity index (χ2v) is 15.9. The number of imidazole rings is 2. The van der Waals surface area contributed by atoms with E-state index in [0.717, 1.165) is 116 Å². The van der Waals surface area contributed by atoms with Crippen LogP contribution in [-0.2, 0) is 14.3 Å². The Morgan fingerprint density at radius 2 is 1.23 bits per heavy atom. The normalized spacial score (nSPS) is 22.4. The fourth-order valence-corrected chi connectivity index (χ4v) is 9.19. The predicted octanol–water partition coefficient (Wildman–Crippen LogP) is 7.87. The van der Waals surface area contributed by atoms with Crippen molar-refractivity contribution in [3.05, 3.63) is 72.6 Å². The SMILES string of the molecule is CC[C@@H](C)[C@H](OC(N)=O)C(=O)N1CCC[C@H]1c1ncc(-c2ccc(-c3ccc(-c4cnc([C@@H]5CCCN5C(=O)C5CCC(N(CC)CC)CC5)[nH]4)cc3)cc2)[nH]1. The van der Waals surface area contributed by atoms with E-state index in [2.05, 4.69) is 87.1 Å². The Morgan fingerprint density at radius 1 is 0.750 bits per heavy atom. The minimum absolute atomic E-state index is 0.00457. The van der Waals surface area contributed by atoms with Crippen molar-refractivity contribution in [2.45, 2.75) is 110 Å². The van der Waals surface area contributed by atoms with E-state index >= 15 is 0 Å². The van der Waals surface area contributed by atoms with Crippen LogP contribution in [0.4, 0.5) is 4.79 Å². The minimum atomic E-state index is -0.940. The van der Waals surface area contributed by atoms with Crippen molar-refractivity contribution < 1.29 is 19.1 Å². The third-order valence-electron chi connectivity index (χ3n) is 12.6. The summed E-state index contributed by atoms with van der Waals surface area (Å²) in [5.41, 5.74) is 11.4. The van der Waals surface area contributed by atoms with Crippen molar-refractivity contribution in [2.24, 2.45) is 17.6 Å². The number of likely N-dealkylation sites (tertiary alicyclic amines) is 2. The van der Waals surface area contributed by atoms with Crippen LogP contribution in [0.5, 0.6) is 0 Å². The monoisotopic (exact) mass is 762 g/mol. The lowest BCUT2D eigenvalue weighted by molar-refractivity contribution is -0.144. The van der Waals surface area contributed by atoms with E-state index in [-0.39, 0.29) is 29.8 Å². The Bertz CT molecular complexity index is 1940. The lowest BCUT2D eigenvalue weighted by Gasteiger charge is -2.37. The number of nitrogens with one attached hydrogen (secondary N) is 2. The van der Waals surface area contributed by atoms with Gasteiger partial charge in [-0.05, 0) is 93.1 Å². The zero-order chi connectivity index (χ0) is 39.3. The molecule has 0 radical (unpaired) electrons. The Labute approximate surface area is 330 Å². The number of primary amides is 1. The van der Waals surface area contributed by atoms with Crippen molar-refractivity contribution in [2.75, 3.05) is 26.2 Å². The van der Waals surface area contributed by atoms with Crippen LogP contribution in [0.1, 0.15) is 109 Å². The number of aromatic amines is 2. The molecule has 12 heteroatoms. The summed E-state index contributed by atoms with van der Waals surface area (Å²) in [6, 6.07) is 17.2. The van der Waals surface area contributed by atoms with Gasteiger partial charge in [-0.15, -0.1) is 0 Å². The molecular formula is C44H58N8O4. The molecule has 0 unspecified atom stereocenters. The third-order valence-corrected chi connectivity index (χ3v) is 12.6. The highest BCUT2D eigenvalue weighted by Crippen LogP contribution is 2.37. The molecule has 4 N–H and O–H groups in total. The number of aromatic nitrogens is 4. The van der Waals surface area contributed by atoms with Crippen LogP contribution in [0.15, 0.2) is 60.9 Å². The Morgan fingerprint density at radius 3 is 1.71 bits per heavy atom. The molecule has 1 saturated carbocycles. The van der Waals surface area contributed by atoms with E-state index < -0.39 is 12.2 Å². The number of amides is 3. The highest BCUT2D eigenvalue weighted by Gasteiger charge is 2.40. The molecule has 2 aliphatic heterocycles. The number of hydrogen-bond acceptors (Lipinski definition) is 7. The molecule has 1 aliphatic carbocycles. The number of benzene rings is 2. The number of nitrogens with two attached hydrogens (primary N) is 1. The molecule has 2 aromatic heterocycles. The molecule has 7 rings (SSSR count). The number of rotatable bonds is 13. The van der Waals surface area contributed by atoms with E-state index in [1.807, 2.05) is 26.2 Å². The van der Waals surface area contributed by atoms with Gasteiger partial charge in [0, 0.05) is 31.0 Å². The second-order valence-electron chi connectivity index (χ2n) is 15.9.